The molecule has 0 heterocycles. The fourth-order valence-corrected chi connectivity index (χ4v) is 0.854. The number of unbranched alkanes of at least 4 members (excludes halogenated alkanes) is 6. The Bertz CT molecular complexity index is 45.6. The molecule has 0 aromatic rings. The van der Waals surface area contributed by atoms with Crippen LogP contribution in [0, 0.1) is 13.8 Å². The third-order valence-electron chi connectivity index (χ3n) is 1.71. The van der Waals surface area contributed by atoms with E-state index in [0.717, 1.165) is 12.8 Å². The van der Waals surface area contributed by atoms with E-state index in [0.29, 0.717) is 0 Å². The molecule has 0 N–H and O–H groups in total. The zero-order chi connectivity index (χ0) is 9.66. The van der Waals surface area contributed by atoms with E-state index in [2.05, 4.69) is 27.7 Å². The molecular weight excluding hydrogens is 306 g/mol. The molecule has 0 saturated carbocycles. The van der Waals surface area contributed by atoms with Crippen LogP contribution in [0.4, 0.5) is 0 Å². The molecule has 0 aromatic heterocycles. The van der Waals surface area contributed by atoms with Crippen molar-refractivity contribution in [3.8, 4) is 0 Å². The van der Waals surface area contributed by atoms with Crippen LogP contribution in [0.25, 0.3) is 0 Å². The van der Waals surface area contributed by atoms with Gasteiger partial charge in [0.05, 0.1) is 0 Å². The maximum atomic E-state index is 3.72. The smallest absolute Gasteiger partial charge is 1.00 e. The number of halogens is 2. The van der Waals surface area contributed by atoms with Crippen LogP contribution in [-0.4, -0.2) is 0 Å². The second-order valence-corrected chi connectivity index (χ2v) is 3.12. The van der Waals surface area contributed by atoms with Crippen LogP contribution in [0.5, 0.6) is 0 Å². The van der Waals surface area contributed by atoms with Crippen LogP contribution in [0.15, 0.2) is 0 Å². The largest absolute Gasteiger partial charge is 4.00 e. The van der Waals surface area contributed by atoms with E-state index in [1.165, 1.54) is 38.5 Å². The maximum absolute atomic E-state index is 3.72. The van der Waals surface area contributed by atoms with Crippen LogP contribution in [0.1, 0.15) is 65.2 Å². The molecule has 0 saturated heterocycles. The fraction of sp³-hybridized carbons (Fsp3) is 0.833. The normalized spacial score (nSPS) is 7.20. The molecular formula is C12H26Cl2Zr. The Balaban J connectivity index is -0.0000000370. The Morgan fingerprint density at radius 2 is 0.933 bits per heavy atom. The van der Waals surface area contributed by atoms with Crippen molar-refractivity contribution in [1.82, 2.24) is 0 Å². The SMILES string of the molecule is [CH2-]CCCCC.[CH2-]CCCCC.[Cl-].[Cl-].[Zr+4]. The Labute approximate surface area is 129 Å². The van der Waals surface area contributed by atoms with Gasteiger partial charge in [-0.05, 0) is 0 Å². The molecule has 15 heavy (non-hydrogen) atoms. The fourth-order valence-electron chi connectivity index (χ4n) is 0.854. The summed E-state index contributed by atoms with van der Waals surface area (Å²) in [6, 6.07) is 0. The topological polar surface area (TPSA) is 0 Å². The predicted octanol–water partition coefficient (Wildman–Crippen LogP) is -1.19. The summed E-state index contributed by atoms with van der Waals surface area (Å²) in [5.41, 5.74) is 0. The Morgan fingerprint density at radius 1 is 0.667 bits per heavy atom. The Kier molecular flexibility index (Phi) is 72.1. The Hall–Kier alpha value is 1.46. The van der Waals surface area contributed by atoms with Gasteiger partial charge in [-0.2, -0.15) is 12.8 Å². The first-order chi connectivity index (χ1) is 5.83. The third kappa shape index (κ3) is 50.3. The molecule has 92 valence electrons. The first kappa shape index (κ1) is 30.0. The Morgan fingerprint density at radius 3 is 1.00 bits per heavy atom. The zero-order valence-corrected chi connectivity index (χ0v) is 14.3. The molecule has 0 aliphatic rings. The molecule has 0 nitrogen and oxygen atoms in total. The summed E-state index contributed by atoms with van der Waals surface area (Å²) in [5, 5.41) is 0. The molecule has 0 aliphatic carbocycles. The minimum absolute atomic E-state index is 0. The minimum Gasteiger partial charge on any atom is -1.00 e. The van der Waals surface area contributed by atoms with Gasteiger partial charge in [0.15, 0.2) is 0 Å². The zero-order valence-electron chi connectivity index (χ0n) is 10.3. The van der Waals surface area contributed by atoms with Gasteiger partial charge in [-0.15, -0.1) is 0 Å². The summed E-state index contributed by atoms with van der Waals surface area (Å²) in [7, 11) is 0. The number of rotatable bonds is 6. The van der Waals surface area contributed by atoms with Crippen molar-refractivity contribution < 1.29 is 51.0 Å². The molecule has 0 aromatic carbocycles. The maximum Gasteiger partial charge on any atom is 4.00 e. The molecule has 0 spiro atoms. The summed E-state index contributed by atoms with van der Waals surface area (Å²) < 4.78 is 0. The number of hydrogen-bond acceptors (Lipinski definition) is 0. The summed E-state index contributed by atoms with van der Waals surface area (Å²) in [6.07, 6.45) is 10.1. The van der Waals surface area contributed by atoms with E-state index in [1.807, 2.05) is 0 Å². The van der Waals surface area contributed by atoms with Gasteiger partial charge < -0.3 is 38.7 Å². The summed E-state index contributed by atoms with van der Waals surface area (Å²) in [4.78, 5) is 0. The molecule has 0 unspecified atom stereocenters. The van der Waals surface area contributed by atoms with E-state index in [4.69, 9.17) is 0 Å². The molecule has 3 heteroatoms. The van der Waals surface area contributed by atoms with E-state index < -0.39 is 0 Å². The van der Waals surface area contributed by atoms with Crippen LogP contribution in [0.3, 0.4) is 0 Å². The minimum atomic E-state index is 0. The molecule has 0 bridgehead atoms. The molecule has 0 fully saturated rings. The van der Waals surface area contributed by atoms with E-state index >= 15 is 0 Å². The molecule has 0 rings (SSSR count). The number of hydrogen-bond donors (Lipinski definition) is 0. The van der Waals surface area contributed by atoms with Gasteiger partial charge in [0.25, 0.3) is 0 Å². The third-order valence-corrected chi connectivity index (χ3v) is 1.71. The van der Waals surface area contributed by atoms with Gasteiger partial charge >= 0.3 is 26.2 Å². The van der Waals surface area contributed by atoms with E-state index in [-0.39, 0.29) is 51.0 Å². The van der Waals surface area contributed by atoms with Crippen molar-refractivity contribution in [2.24, 2.45) is 0 Å². The first-order valence-electron chi connectivity index (χ1n) is 5.41. The second-order valence-electron chi connectivity index (χ2n) is 3.12. The van der Waals surface area contributed by atoms with Gasteiger partial charge in [-0.3, -0.25) is 0 Å². The summed E-state index contributed by atoms with van der Waals surface area (Å²) in [5.74, 6) is 0. The quantitative estimate of drug-likeness (QED) is 0.424. The van der Waals surface area contributed by atoms with Crippen molar-refractivity contribution >= 4 is 0 Å². The standard InChI is InChI=1S/2C6H13.2ClH.Zr/c2*1-3-5-6-4-2;;;/h2*1,3-6H2,2H3;2*1H;/q2*-1;;;+4/p-2. The van der Waals surface area contributed by atoms with Crippen molar-refractivity contribution in [1.29, 1.82) is 0 Å². The van der Waals surface area contributed by atoms with Gasteiger partial charge in [-0.1, -0.05) is 52.4 Å². The predicted molar refractivity (Wildman–Crippen MR) is 59.0 cm³/mol. The van der Waals surface area contributed by atoms with Gasteiger partial charge in [-0.25, -0.2) is 0 Å². The van der Waals surface area contributed by atoms with Crippen molar-refractivity contribution in [2.45, 2.75) is 65.2 Å². The summed E-state index contributed by atoms with van der Waals surface area (Å²) >= 11 is 0. The monoisotopic (exact) mass is 330 g/mol. The van der Waals surface area contributed by atoms with Crippen LogP contribution >= 0.6 is 0 Å². The van der Waals surface area contributed by atoms with E-state index in [9.17, 15) is 0 Å². The van der Waals surface area contributed by atoms with Crippen LogP contribution < -0.4 is 24.8 Å². The van der Waals surface area contributed by atoms with Crippen molar-refractivity contribution in [2.75, 3.05) is 0 Å². The molecule has 0 radical (unpaired) electrons. The van der Waals surface area contributed by atoms with Gasteiger partial charge in [0.2, 0.25) is 0 Å². The average molecular weight is 332 g/mol. The average Bonchev–Trinajstić information content (AvgIpc) is 2.12. The molecule has 0 aliphatic heterocycles. The van der Waals surface area contributed by atoms with Gasteiger partial charge in [0.1, 0.15) is 0 Å². The van der Waals surface area contributed by atoms with Crippen molar-refractivity contribution in [3.05, 3.63) is 13.8 Å². The summed E-state index contributed by atoms with van der Waals surface area (Å²) in [6.45, 7) is 11.9. The second kappa shape index (κ2) is 36.1. The van der Waals surface area contributed by atoms with Crippen LogP contribution in [0.2, 0.25) is 0 Å². The van der Waals surface area contributed by atoms with Crippen LogP contribution in [-0.2, 0) is 26.2 Å². The van der Waals surface area contributed by atoms with Gasteiger partial charge in [0, 0.05) is 0 Å². The first-order valence-corrected chi connectivity index (χ1v) is 5.41. The van der Waals surface area contributed by atoms with Crippen molar-refractivity contribution in [3.63, 3.8) is 0 Å². The molecule has 0 amide bonds. The van der Waals surface area contributed by atoms with E-state index in [1.54, 1.807) is 0 Å². The molecule has 0 atom stereocenters.